The predicted molar refractivity (Wildman–Crippen MR) is 360 cm³/mol. The van der Waals surface area contributed by atoms with Gasteiger partial charge in [-0.2, -0.15) is 0 Å². The van der Waals surface area contributed by atoms with Gasteiger partial charge < -0.3 is 19.6 Å². The topological polar surface area (TPSA) is 38.7 Å². The van der Waals surface area contributed by atoms with Crippen LogP contribution in [0.5, 0.6) is 0 Å². The zero-order valence-electron chi connectivity index (χ0n) is 47.2. The summed E-state index contributed by atoms with van der Waals surface area (Å²) in [5, 5.41) is 0. The predicted octanol–water partition coefficient (Wildman–Crippen LogP) is 22.2. The molecule has 0 radical (unpaired) electrons. The molecule has 0 aliphatic heterocycles. The first kappa shape index (κ1) is 52.5. The van der Waals surface area contributed by atoms with Gasteiger partial charge in [-0.15, -0.1) is 0 Å². The third-order valence-electron chi connectivity index (χ3n) is 15.6. The van der Waals surface area contributed by atoms with Gasteiger partial charge in [-0.1, -0.05) is 206 Å². The van der Waals surface area contributed by atoms with Gasteiger partial charge in [0.05, 0.1) is 33.8 Å². The van der Waals surface area contributed by atoms with Crippen LogP contribution in [0.1, 0.15) is 0 Å². The molecule has 14 rings (SSSR count). The highest BCUT2D eigenvalue weighted by molar-refractivity contribution is 5.92. The van der Waals surface area contributed by atoms with E-state index < -0.39 is 0 Å². The van der Waals surface area contributed by atoms with E-state index >= 15 is 0 Å². The average molecular weight is 1100 g/mol. The number of nitrogens with zero attached hydrogens (tertiary/aromatic N) is 6. The molecule has 6 nitrogen and oxygen atoms in total. The van der Waals surface area contributed by atoms with Gasteiger partial charge in [0.1, 0.15) is 0 Å². The molecule has 1 heterocycles. The Hall–Kier alpha value is -11.6. The molecule has 0 saturated carbocycles. The Bertz CT molecular complexity index is 4240. The molecule has 0 N–H and O–H groups in total. The molecule has 0 saturated heterocycles. The lowest BCUT2D eigenvalue weighted by atomic mass is 10.0. The third kappa shape index (κ3) is 10.7. The van der Waals surface area contributed by atoms with Gasteiger partial charge in [-0.05, 0) is 157 Å². The molecule has 1 aromatic heterocycles. The van der Waals surface area contributed by atoms with Gasteiger partial charge in [0, 0.05) is 79.1 Å². The molecule has 0 aliphatic carbocycles. The number of para-hydroxylation sites is 8. The first-order valence-corrected chi connectivity index (χ1v) is 29.1. The second-order valence-corrected chi connectivity index (χ2v) is 21.0. The Morgan fingerprint density at radius 1 is 0.163 bits per heavy atom. The summed E-state index contributed by atoms with van der Waals surface area (Å²) in [7, 11) is 0. The van der Waals surface area contributed by atoms with Crippen LogP contribution in [-0.2, 0) is 0 Å². The minimum absolute atomic E-state index is 0.808. The van der Waals surface area contributed by atoms with Crippen molar-refractivity contribution in [1.29, 1.82) is 0 Å². The normalized spacial score (nSPS) is 11.0. The van der Waals surface area contributed by atoms with Crippen molar-refractivity contribution >= 4 is 79.3 Å². The number of rotatable bonds is 16. The van der Waals surface area contributed by atoms with Crippen LogP contribution in [0.15, 0.2) is 352 Å². The Balaban J connectivity index is 0.797. The lowest BCUT2D eigenvalue weighted by molar-refractivity contribution is 1.25. The van der Waals surface area contributed by atoms with Crippen molar-refractivity contribution < 1.29 is 0 Å². The van der Waals surface area contributed by atoms with Crippen LogP contribution in [0.25, 0.3) is 55.8 Å². The van der Waals surface area contributed by atoms with E-state index in [1.54, 1.807) is 0 Å². The molecule has 0 amide bonds. The second kappa shape index (κ2) is 24.1. The standard InChI is InChI=1S/C80H58N6/c1-7-25-59(26-8-1)73-37-19-23-41-77(73)85(65-33-15-5-16-34-65)71-55-51-69(52-56-71)83(63-29-11-3-12-30-63)67-47-43-61(44-48-67)79-80(82-76-40-22-21-39-75(76)81-79)62-45-49-68(50-46-62)84(64-31-13-4-14-32-64)70-53-57-72(58-54-70)86(66-35-17-6-18-36-66)78-42-24-20-38-74(78)60-27-9-2-10-28-60/h1-58H. The van der Waals surface area contributed by atoms with Crippen LogP contribution in [0.3, 0.4) is 0 Å². The monoisotopic (exact) mass is 1100 g/mol. The largest absolute Gasteiger partial charge is 0.311 e. The van der Waals surface area contributed by atoms with Gasteiger partial charge in [-0.25, -0.2) is 9.97 Å². The number of aromatic nitrogens is 2. The average Bonchev–Trinajstić information content (AvgIpc) is 2.52. The molecule has 86 heavy (non-hydrogen) atoms. The quantitative estimate of drug-likeness (QED) is 0.0960. The second-order valence-electron chi connectivity index (χ2n) is 21.0. The van der Waals surface area contributed by atoms with Gasteiger partial charge in [0.15, 0.2) is 0 Å². The summed E-state index contributed by atoms with van der Waals surface area (Å²) < 4.78 is 0. The van der Waals surface area contributed by atoms with Gasteiger partial charge >= 0.3 is 0 Å². The lowest BCUT2D eigenvalue weighted by Gasteiger charge is -2.29. The van der Waals surface area contributed by atoms with Crippen LogP contribution in [0, 0.1) is 0 Å². The summed E-state index contributed by atoms with van der Waals surface area (Å²) in [5.74, 6) is 0. The fourth-order valence-corrected chi connectivity index (χ4v) is 11.6. The lowest BCUT2D eigenvalue weighted by Crippen LogP contribution is -2.13. The Kier molecular flexibility index (Phi) is 14.7. The van der Waals surface area contributed by atoms with E-state index in [1.807, 2.05) is 24.3 Å². The summed E-state index contributed by atoms with van der Waals surface area (Å²) in [6.45, 7) is 0. The van der Waals surface area contributed by atoms with Gasteiger partial charge in [0.25, 0.3) is 0 Å². The van der Waals surface area contributed by atoms with Gasteiger partial charge in [-0.3, -0.25) is 0 Å². The zero-order chi connectivity index (χ0) is 57.4. The van der Waals surface area contributed by atoms with Gasteiger partial charge in [0.2, 0.25) is 0 Å². The van der Waals surface area contributed by atoms with E-state index in [-0.39, 0.29) is 0 Å². The van der Waals surface area contributed by atoms with Crippen LogP contribution in [0.4, 0.5) is 68.2 Å². The summed E-state index contributed by atoms with van der Waals surface area (Å²) in [5.41, 5.74) is 22.5. The van der Waals surface area contributed by atoms with E-state index in [0.717, 1.165) is 124 Å². The number of benzene rings is 13. The van der Waals surface area contributed by atoms with Crippen molar-refractivity contribution in [1.82, 2.24) is 9.97 Å². The number of hydrogen-bond acceptors (Lipinski definition) is 6. The zero-order valence-corrected chi connectivity index (χ0v) is 47.2. The first-order valence-electron chi connectivity index (χ1n) is 29.1. The molecule has 0 unspecified atom stereocenters. The van der Waals surface area contributed by atoms with Crippen LogP contribution < -0.4 is 19.6 Å². The minimum Gasteiger partial charge on any atom is -0.311 e. The SMILES string of the molecule is c1ccc(-c2ccccc2N(c2ccccc2)c2ccc(N(c3ccccc3)c3ccc(-c4nc5ccccc5nc4-c4ccc(N(c5ccccc5)c5ccc(N(c6ccccc6)c6ccccc6-c6ccccc6)cc5)cc4)cc3)cc2)cc1. The first-order chi connectivity index (χ1) is 42.7. The minimum atomic E-state index is 0.808. The summed E-state index contributed by atoms with van der Waals surface area (Å²) in [4.78, 5) is 20.0. The molecule has 0 aliphatic rings. The summed E-state index contributed by atoms with van der Waals surface area (Å²) >= 11 is 0. The highest BCUT2D eigenvalue weighted by atomic mass is 15.2. The summed E-state index contributed by atoms with van der Waals surface area (Å²) in [6.07, 6.45) is 0. The van der Waals surface area contributed by atoms with Crippen LogP contribution in [-0.4, -0.2) is 9.97 Å². The van der Waals surface area contributed by atoms with Crippen molar-refractivity contribution in [2.75, 3.05) is 19.6 Å². The molecule has 0 atom stereocenters. The van der Waals surface area contributed by atoms with Crippen molar-refractivity contribution in [3.05, 3.63) is 352 Å². The van der Waals surface area contributed by atoms with E-state index in [9.17, 15) is 0 Å². The van der Waals surface area contributed by atoms with E-state index in [2.05, 4.69) is 347 Å². The number of anilines is 12. The van der Waals surface area contributed by atoms with Crippen molar-refractivity contribution in [2.45, 2.75) is 0 Å². The van der Waals surface area contributed by atoms with E-state index in [4.69, 9.17) is 9.97 Å². The highest BCUT2D eigenvalue weighted by Gasteiger charge is 2.22. The van der Waals surface area contributed by atoms with E-state index in [1.165, 1.54) is 0 Å². The Morgan fingerprint density at radius 2 is 0.384 bits per heavy atom. The van der Waals surface area contributed by atoms with Crippen LogP contribution in [0.2, 0.25) is 0 Å². The molecule has 0 spiro atoms. The molecule has 6 heteroatoms. The number of hydrogen-bond donors (Lipinski definition) is 0. The van der Waals surface area contributed by atoms with Crippen molar-refractivity contribution in [2.24, 2.45) is 0 Å². The Labute approximate surface area is 502 Å². The maximum Gasteiger partial charge on any atom is 0.0973 e. The fourth-order valence-electron chi connectivity index (χ4n) is 11.6. The molecule has 14 aromatic rings. The molecule has 0 bridgehead atoms. The molecule has 0 fully saturated rings. The highest BCUT2D eigenvalue weighted by Crippen LogP contribution is 2.46. The maximum atomic E-state index is 5.36. The maximum absolute atomic E-state index is 5.36. The van der Waals surface area contributed by atoms with Crippen molar-refractivity contribution in [3.8, 4) is 44.8 Å². The molecular formula is C80H58N6. The smallest absolute Gasteiger partial charge is 0.0973 e. The fraction of sp³-hybridized carbons (Fsp3) is 0. The third-order valence-corrected chi connectivity index (χ3v) is 15.6. The Morgan fingerprint density at radius 3 is 0.698 bits per heavy atom. The summed E-state index contributed by atoms with van der Waals surface area (Å²) in [6, 6.07) is 124. The molecular weight excluding hydrogens is 1040 g/mol. The van der Waals surface area contributed by atoms with Crippen LogP contribution >= 0.6 is 0 Å². The number of fused-ring (bicyclic) bond motifs is 1. The van der Waals surface area contributed by atoms with Crippen molar-refractivity contribution in [3.63, 3.8) is 0 Å². The van der Waals surface area contributed by atoms with E-state index in [0.29, 0.717) is 0 Å². The molecule has 408 valence electrons. The molecule has 13 aromatic carbocycles.